The molecular formula is C13H23NO2. The minimum Gasteiger partial charge on any atom is -0.396 e. The first-order chi connectivity index (χ1) is 7.65. The third-order valence-electron chi connectivity index (χ3n) is 4.67. The molecule has 1 aliphatic carbocycles. The molecule has 1 unspecified atom stereocenters. The second-order valence-corrected chi connectivity index (χ2v) is 6.47. The van der Waals surface area contributed by atoms with Crippen molar-refractivity contribution in [2.75, 3.05) is 32.8 Å². The van der Waals surface area contributed by atoms with Gasteiger partial charge in [-0.2, -0.15) is 0 Å². The number of hydrogen-bond acceptors (Lipinski definition) is 3. The zero-order valence-electron chi connectivity index (χ0n) is 10.2. The van der Waals surface area contributed by atoms with Crippen molar-refractivity contribution in [1.82, 2.24) is 4.90 Å². The predicted molar refractivity (Wildman–Crippen MR) is 62.3 cm³/mol. The molecule has 4 aliphatic rings. The lowest BCUT2D eigenvalue weighted by molar-refractivity contribution is -0.0580. The molecule has 1 saturated carbocycles. The van der Waals surface area contributed by atoms with Crippen LogP contribution in [-0.2, 0) is 4.74 Å². The normalized spacial score (nSPS) is 48.0. The molecule has 0 amide bonds. The number of aliphatic hydroxyl groups is 1. The van der Waals surface area contributed by atoms with E-state index >= 15 is 0 Å². The predicted octanol–water partition coefficient (Wildman–Crippen LogP) is 1.26. The maximum absolute atomic E-state index is 9.33. The molecular weight excluding hydrogens is 202 g/mol. The monoisotopic (exact) mass is 225 g/mol. The van der Waals surface area contributed by atoms with Crippen molar-refractivity contribution in [3.8, 4) is 0 Å². The van der Waals surface area contributed by atoms with Gasteiger partial charge >= 0.3 is 0 Å². The number of rotatable bonds is 3. The molecule has 1 N–H and O–H groups in total. The molecule has 3 nitrogen and oxygen atoms in total. The molecule has 3 heteroatoms. The van der Waals surface area contributed by atoms with Crippen LogP contribution in [0, 0.1) is 11.3 Å². The van der Waals surface area contributed by atoms with E-state index in [-0.39, 0.29) is 11.0 Å². The number of aliphatic hydroxyl groups excluding tert-OH is 1. The first-order valence-corrected chi connectivity index (χ1v) is 6.63. The van der Waals surface area contributed by atoms with Gasteiger partial charge in [0.25, 0.3) is 0 Å². The van der Waals surface area contributed by atoms with E-state index in [1.807, 2.05) is 0 Å². The van der Waals surface area contributed by atoms with E-state index < -0.39 is 0 Å². The van der Waals surface area contributed by atoms with Crippen molar-refractivity contribution >= 4 is 0 Å². The zero-order valence-corrected chi connectivity index (χ0v) is 10.2. The Morgan fingerprint density at radius 3 is 2.88 bits per heavy atom. The highest BCUT2D eigenvalue weighted by Crippen LogP contribution is 2.57. The molecule has 2 bridgehead atoms. The smallest absolute Gasteiger partial charge is 0.0823 e. The van der Waals surface area contributed by atoms with Gasteiger partial charge in [-0.15, -0.1) is 0 Å². The number of piperidine rings is 1. The number of ether oxygens (including phenoxy) is 1. The Balaban J connectivity index is 1.56. The maximum atomic E-state index is 9.33. The third-order valence-corrected chi connectivity index (χ3v) is 4.67. The topological polar surface area (TPSA) is 32.7 Å². The zero-order chi connectivity index (χ0) is 11.2. The Morgan fingerprint density at radius 2 is 2.25 bits per heavy atom. The number of fused-ring (bicyclic) bond motifs is 1. The van der Waals surface area contributed by atoms with Crippen molar-refractivity contribution in [2.24, 2.45) is 11.3 Å². The number of nitrogens with zero attached hydrogens (tertiary/aromatic N) is 1. The van der Waals surface area contributed by atoms with Crippen LogP contribution in [-0.4, -0.2) is 48.5 Å². The van der Waals surface area contributed by atoms with E-state index in [1.54, 1.807) is 0 Å². The molecule has 0 aromatic heterocycles. The van der Waals surface area contributed by atoms with Gasteiger partial charge in [-0.25, -0.2) is 0 Å². The highest BCUT2D eigenvalue weighted by Gasteiger charge is 2.62. The van der Waals surface area contributed by atoms with Gasteiger partial charge < -0.3 is 14.7 Å². The van der Waals surface area contributed by atoms with Crippen molar-refractivity contribution in [2.45, 2.75) is 38.2 Å². The van der Waals surface area contributed by atoms with Gasteiger partial charge in [0.15, 0.2) is 0 Å². The molecule has 92 valence electrons. The van der Waals surface area contributed by atoms with Crippen molar-refractivity contribution in [3.05, 3.63) is 0 Å². The van der Waals surface area contributed by atoms with Gasteiger partial charge in [0.05, 0.1) is 18.8 Å². The lowest BCUT2D eigenvalue weighted by Gasteiger charge is -2.47. The summed E-state index contributed by atoms with van der Waals surface area (Å²) in [7, 11) is 0. The van der Waals surface area contributed by atoms with E-state index in [4.69, 9.17) is 4.74 Å². The molecule has 16 heavy (non-hydrogen) atoms. The minimum absolute atomic E-state index is 0.111. The van der Waals surface area contributed by atoms with E-state index in [1.165, 1.54) is 25.9 Å². The molecule has 0 radical (unpaired) electrons. The first-order valence-electron chi connectivity index (χ1n) is 6.63. The first kappa shape index (κ1) is 11.0. The summed E-state index contributed by atoms with van der Waals surface area (Å²) in [6, 6.07) is 0. The van der Waals surface area contributed by atoms with E-state index in [9.17, 15) is 5.11 Å². The average molecular weight is 225 g/mol. The summed E-state index contributed by atoms with van der Waals surface area (Å²) in [6.45, 7) is 7.01. The summed E-state index contributed by atoms with van der Waals surface area (Å²) < 4.78 is 5.95. The number of hydrogen-bond donors (Lipinski definition) is 1. The van der Waals surface area contributed by atoms with Crippen molar-refractivity contribution in [1.29, 1.82) is 0 Å². The second-order valence-electron chi connectivity index (χ2n) is 6.47. The fourth-order valence-electron chi connectivity index (χ4n) is 3.98. The van der Waals surface area contributed by atoms with Gasteiger partial charge in [-0.3, -0.25) is 0 Å². The molecule has 3 heterocycles. The summed E-state index contributed by atoms with van der Waals surface area (Å²) in [6.07, 6.45) is 4.89. The lowest BCUT2D eigenvalue weighted by atomic mass is 9.62. The Morgan fingerprint density at radius 1 is 1.44 bits per heavy atom. The van der Waals surface area contributed by atoms with Crippen LogP contribution >= 0.6 is 0 Å². The summed E-state index contributed by atoms with van der Waals surface area (Å²) in [5.41, 5.74) is 0.251. The van der Waals surface area contributed by atoms with E-state index in [2.05, 4.69) is 11.8 Å². The quantitative estimate of drug-likeness (QED) is 0.785. The standard InChI is InChI=1S/C13H23NO2/c1-11-3-2-4-14(5-11)8-13-6-12(7-13,9-15)10-16-13/h11,15H,2-10H2,1H3. The Kier molecular flexibility index (Phi) is 2.54. The summed E-state index contributed by atoms with van der Waals surface area (Å²) in [4.78, 5) is 2.57. The van der Waals surface area contributed by atoms with E-state index in [0.717, 1.165) is 31.9 Å². The Hall–Kier alpha value is -0.120. The van der Waals surface area contributed by atoms with Crippen LogP contribution in [0.5, 0.6) is 0 Å². The highest BCUT2D eigenvalue weighted by atomic mass is 16.5. The summed E-state index contributed by atoms with van der Waals surface area (Å²) in [5.74, 6) is 0.842. The van der Waals surface area contributed by atoms with Gasteiger partial charge in [-0.05, 0) is 38.1 Å². The van der Waals surface area contributed by atoms with Crippen LogP contribution in [0.2, 0.25) is 0 Å². The van der Waals surface area contributed by atoms with Crippen LogP contribution in [0.1, 0.15) is 32.6 Å². The van der Waals surface area contributed by atoms with Gasteiger partial charge in [0.1, 0.15) is 0 Å². The maximum Gasteiger partial charge on any atom is 0.0823 e. The average Bonchev–Trinajstić information content (AvgIpc) is 2.73. The van der Waals surface area contributed by atoms with Crippen LogP contribution in [0.4, 0.5) is 0 Å². The summed E-state index contributed by atoms with van der Waals surface area (Å²) >= 11 is 0. The molecule has 0 spiro atoms. The van der Waals surface area contributed by atoms with Crippen LogP contribution in [0.3, 0.4) is 0 Å². The second kappa shape index (κ2) is 3.69. The molecule has 3 aliphatic heterocycles. The van der Waals surface area contributed by atoms with Crippen LogP contribution in [0.15, 0.2) is 0 Å². The molecule has 4 fully saturated rings. The largest absolute Gasteiger partial charge is 0.396 e. The fraction of sp³-hybridized carbons (Fsp3) is 1.00. The van der Waals surface area contributed by atoms with Crippen molar-refractivity contribution in [3.63, 3.8) is 0 Å². The minimum atomic E-state index is 0.111. The molecule has 3 saturated heterocycles. The van der Waals surface area contributed by atoms with Gasteiger partial charge in [0, 0.05) is 18.5 Å². The van der Waals surface area contributed by atoms with Gasteiger partial charge in [-0.1, -0.05) is 6.92 Å². The van der Waals surface area contributed by atoms with Crippen LogP contribution in [0.25, 0.3) is 0 Å². The van der Waals surface area contributed by atoms with E-state index in [0.29, 0.717) is 6.61 Å². The van der Waals surface area contributed by atoms with Crippen molar-refractivity contribution < 1.29 is 9.84 Å². The molecule has 0 aromatic carbocycles. The lowest BCUT2D eigenvalue weighted by Crippen LogP contribution is -2.54. The SMILES string of the molecule is CC1CCCN(CC23CC(CO)(CO2)C3)C1. The third kappa shape index (κ3) is 1.69. The summed E-state index contributed by atoms with van der Waals surface area (Å²) in [5, 5.41) is 9.33. The highest BCUT2D eigenvalue weighted by molar-refractivity contribution is 5.12. The molecule has 4 rings (SSSR count). The van der Waals surface area contributed by atoms with Crippen LogP contribution < -0.4 is 0 Å². The molecule has 1 atom stereocenters. The number of likely N-dealkylation sites (tertiary alicyclic amines) is 1. The Bertz CT molecular complexity index is 273. The Labute approximate surface area is 97.8 Å². The fourth-order valence-corrected chi connectivity index (χ4v) is 3.98. The molecule has 0 aromatic rings. The van der Waals surface area contributed by atoms with Gasteiger partial charge in [0.2, 0.25) is 0 Å².